The Morgan fingerprint density at radius 2 is 1.97 bits per heavy atom. The summed E-state index contributed by atoms with van der Waals surface area (Å²) in [5.74, 6) is -0.545. The van der Waals surface area contributed by atoms with Gasteiger partial charge in [-0.3, -0.25) is 0 Å². The first kappa shape index (κ1) is 23.9. The van der Waals surface area contributed by atoms with Gasteiger partial charge in [-0.05, 0) is 36.8 Å². The molecule has 0 amide bonds. The number of hydrogen-bond donors (Lipinski definition) is 2. The minimum Gasteiger partial charge on any atom is -0.357 e. The van der Waals surface area contributed by atoms with E-state index in [4.69, 9.17) is 0 Å². The lowest BCUT2D eigenvalue weighted by Gasteiger charge is -2.13. The molecule has 2 aromatic heterocycles. The Hall–Kier alpha value is -2.37. The topological polar surface area (TPSA) is 53.7 Å². The van der Waals surface area contributed by atoms with Crippen molar-refractivity contribution in [1.29, 1.82) is 0 Å². The van der Waals surface area contributed by atoms with Crippen LogP contribution in [-0.2, 0) is 19.1 Å². The maximum absolute atomic E-state index is 13.2. The van der Waals surface area contributed by atoms with Crippen LogP contribution in [0, 0.1) is 5.82 Å². The standard InChI is InChI=1S/C20H21F4N5.HI/c1-2-25-19(26-9-8-16-13-29-10-4-3-5-18(29)28-16)27-12-14-6-7-15(21)11-17(14)20(22,23)24;/h3-7,10-11,13H,2,8-9,12H2,1H3,(H2,25,26,27);1H. The van der Waals surface area contributed by atoms with Crippen molar-refractivity contribution < 1.29 is 17.6 Å². The summed E-state index contributed by atoms with van der Waals surface area (Å²) in [5.41, 5.74) is 0.634. The van der Waals surface area contributed by atoms with E-state index in [1.54, 1.807) is 0 Å². The van der Waals surface area contributed by atoms with Crippen LogP contribution in [0.1, 0.15) is 23.7 Å². The van der Waals surface area contributed by atoms with Crippen LogP contribution in [0.4, 0.5) is 17.6 Å². The summed E-state index contributed by atoms with van der Waals surface area (Å²) in [6.07, 6.45) is -0.181. The van der Waals surface area contributed by atoms with E-state index in [0.29, 0.717) is 31.5 Å². The summed E-state index contributed by atoms with van der Waals surface area (Å²) >= 11 is 0. The molecule has 0 fully saturated rings. The third kappa shape index (κ3) is 6.31. The van der Waals surface area contributed by atoms with Crippen LogP contribution in [0.2, 0.25) is 0 Å². The fourth-order valence-electron chi connectivity index (χ4n) is 2.87. The quantitative estimate of drug-likeness (QED) is 0.213. The van der Waals surface area contributed by atoms with Crippen molar-refractivity contribution in [2.75, 3.05) is 13.1 Å². The highest BCUT2D eigenvalue weighted by atomic mass is 127. The Labute approximate surface area is 188 Å². The molecule has 5 nitrogen and oxygen atoms in total. The van der Waals surface area contributed by atoms with Gasteiger partial charge in [-0.15, -0.1) is 24.0 Å². The van der Waals surface area contributed by atoms with E-state index in [-0.39, 0.29) is 36.1 Å². The van der Waals surface area contributed by atoms with E-state index in [9.17, 15) is 17.6 Å². The Balaban J connectivity index is 0.00000320. The molecule has 2 heterocycles. The van der Waals surface area contributed by atoms with Gasteiger partial charge in [0.2, 0.25) is 0 Å². The largest absolute Gasteiger partial charge is 0.416 e. The van der Waals surface area contributed by atoms with Crippen molar-refractivity contribution in [2.24, 2.45) is 4.99 Å². The first-order valence-corrected chi connectivity index (χ1v) is 9.17. The number of aliphatic imine (C=N–C) groups is 1. The molecule has 0 atom stereocenters. The van der Waals surface area contributed by atoms with Gasteiger partial charge >= 0.3 is 6.18 Å². The third-order valence-electron chi connectivity index (χ3n) is 4.22. The number of halogens is 5. The van der Waals surface area contributed by atoms with E-state index in [2.05, 4.69) is 20.6 Å². The molecule has 3 rings (SSSR count). The number of imidazole rings is 1. The van der Waals surface area contributed by atoms with Crippen LogP contribution < -0.4 is 10.6 Å². The Kier molecular flexibility index (Phi) is 8.44. The Morgan fingerprint density at radius 3 is 2.67 bits per heavy atom. The molecule has 3 aromatic rings. The molecule has 162 valence electrons. The van der Waals surface area contributed by atoms with Gasteiger partial charge in [-0.2, -0.15) is 13.2 Å². The van der Waals surface area contributed by atoms with Gasteiger partial charge in [0.25, 0.3) is 0 Å². The molecule has 0 aliphatic heterocycles. The second-order valence-corrected chi connectivity index (χ2v) is 6.37. The van der Waals surface area contributed by atoms with Crippen molar-refractivity contribution in [3.05, 3.63) is 71.4 Å². The zero-order valence-electron chi connectivity index (χ0n) is 16.2. The molecule has 1 aromatic carbocycles. The monoisotopic (exact) mass is 535 g/mol. The SMILES string of the molecule is CCNC(=NCc1ccc(F)cc1C(F)(F)F)NCCc1cn2ccccc2n1.I. The average molecular weight is 535 g/mol. The Morgan fingerprint density at radius 1 is 1.17 bits per heavy atom. The molecule has 0 radical (unpaired) electrons. The van der Waals surface area contributed by atoms with Crippen LogP contribution in [0.5, 0.6) is 0 Å². The molecule has 0 spiro atoms. The molecule has 10 heteroatoms. The minimum absolute atomic E-state index is 0. The van der Waals surface area contributed by atoms with E-state index in [1.807, 2.05) is 41.9 Å². The summed E-state index contributed by atoms with van der Waals surface area (Å²) < 4.78 is 54.5. The molecule has 0 saturated carbocycles. The summed E-state index contributed by atoms with van der Waals surface area (Å²) in [7, 11) is 0. The van der Waals surface area contributed by atoms with Crippen LogP contribution in [0.25, 0.3) is 5.65 Å². The predicted octanol–water partition coefficient (Wildman–Crippen LogP) is 4.41. The van der Waals surface area contributed by atoms with Gasteiger partial charge in [0.1, 0.15) is 11.5 Å². The fourth-order valence-corrected chi connectivity index (χ4v) is 2.87. The van der Waals surface area contributed by atoms with Gasteiger partial charge in [-0.25, -0.2) is 14.4 Å². The van der Waals surface area contributed by atoms with Gasteiger partial charge < -0.3 is 15.0 Å². The zero-order chi connectivity index (χ0) is 20.9. The predicted molar refractivity (Wildman–Crippen MR) is 119 cm³/mol. The normalized spacial score (nSPS) is 12.0. The van der Waals surface area contributed by atoms with Crippen molar-refractivity contribution >= 4 is 35.6 Å². The smallest absolute Gasteiger partial charge is 0.357 e. The third-order valence-corrected chi connectivity index (χ3v) is 4.22. The molecule has 0 bridgehead atoms. The van der Waals surface area contributed by atoms with Gasteiger partial charge in [0, 0.05) is 31.9 Å². The second kappa shape index (κ2) is 10.6. The number of benzene rings is 1. The molecule has 2 N–H and O–H groups in total. The molecular formula is C20H22F4IN5. The van der Waals surface area contributed by atoms with Crippen LogP contribution in [-0.4, -0.2) is 28.4 Å². The average Bonchev–Trinajstić information content (AvgIpc) is 3.09. The minimum atomic E-state index is -4.64. The van der Waals surface area contributed by atoms with Crippen LogP contribution in [0.3, 0.4) is 0 Å². The van der Waals surface area contributed by atoms with Crippen molar-refractivity contribution in [3.8, 4) is 0 Å². The second-order valence-electron chi connectivity index (χ2n) is 6.37. The summed E-state index contributed by atoms with van der Waals surface area (Å²) in [5, 5.41) is 6.08. The number of nitrogens with zero attached hydrogens (tertiary/aromatic N) is 3. The molecule has 0 saturated heterocycles. The maximum Gasteiger partial charge on any atom is 0.416 e. The molecule has 0 unspecified atom stereocenters. The zero-order valence-corrected chi connectivity index (χ0v) is 18.5. The first-order chi connectivity index (χ1) is 13.9. The van der Waals surface area contributed by atoms with E-state index in [0.717, 1.165) is 23.5 Å². The number of alkyl halides is 3. The molecule has 30 heavy (non-hydrogen) atoms. The number of guanidine groups is 1. The van der Waals surface area contributed by atoms with Gasteiger partial charge in [-0.1, -0.05) is 12.1 Å². The van der Waals surface area contributed by atoms with E-state index < -0.39 is 17.6 Å². The lowest BCUT2D eigenvalue weighted by atomic mass is 10.1. The maximum atomic E-state index is 13.2. The number of rotatable bonds is 6. The van der Waals surface area contributed by atoms with Crippen LogP contribution in [0.15, 0.2) is 53.8 Å². The van der Waals surface area contributed by atoms with Crippen molar-refractivity contribution in [1.82, 2.24) is 20.0 Å². The van der Waals surface area contributed by atoms with E-state index >= 15 is 0 Å². The number of nitrogens with one attached hydrogen (secondary N) is 2. The first-order valence-electron chi connectivity index (χ1n) is 9.17. The highest BCUT2D eigenvalue weighted by Gasteiger charge is 2.33. The van der Waals surface area contributed by atoms with Crippen molar-refractivity contribution in [3.63, 3.8) is 0 Å². The lowest BCUT2D eigenvalue weighted by Crippen LogP contribution is -2.38. The number of hydrogen-bond acceptors (Lipinski definition) is 2. The summed E-state index contributed by atoms with van der Waals surface area (Å²) in [6.45, 7) is 2.69. The Bertz CT molecular complexity index is 967. The fraction of sp³-hybridized carbons (Fsp3) is 0.300. The molecule has 0 aliphatic rings. The van der Waals surface area contributed by atoms with Crippen LogP contribution >= 0.6 is 24.0 Å². The highest BCUT2D eigenvalue weighted by molar-refractivity contribution is 14.0. The number of pyridine rings is 1. The summed E-state index contributed by atoms with van der Waals surface area (Å²) in [4.78, 5) is 8.71. The van der Waals surface area contributed by atoms with Gasteiger partial charge in [0.05, 0.1) is 17.8 Å². The summed E-state index contributed by atoms with van der Waals surface area (Å²) in [6, 6.07) is 8.34. The number of aromatic nitrogens is 2. The van der Waals surface area contributed by atoms with E-state index in [1.165, 1.54) is 0 Å². The number of fused-ring (bicyclic) bond motifs is 1. The van der Waals surface area contributed by atoms with Crippen molar-refractivity contribution in [2.45, 2.75) is 26.1 Å². The molecular weight excluding hydrogens is 513 g/mol. The lowest BCUT2D eigenvalue weighted by molar-refractivity contribution is -0.138. The highest BCUT2D eigenvalue weighted by Crippen LogP contribution is 2.32. The van der Waals surface area contributed by atoms with Gasteiger partial charge in [0.15, 0.2) is 5.96 Å². The molecule has 0 aliphatic carbocycles.